The molecule has 0 aliphatic carbocycles. The quantitative estimate of drug-likeness (QED) is 0.837. The van der Waals surface area contributed by atoms with Gasteiger partial charge < -0.3 is 14.2 Å². The SMILES string of the molecule is COCC1CC2(CCN(Cc3ccc(OC)cc3)CC2)CO1. The van der Waals surface area contributed by atoms with Crippen LogP contribution in [0.1, 0.15) is 24.8 Å². The molecule has 2 fully saturated rings. The highest BCUT2D eigenvalue weighted by Crippen LogP contribution is 2.42. The van der Waals surface area contributed by atoms with Gasteiger partial charge in [0, 0.05) is 13.7 Å². The van der Waals surface area contributed by atoms with Gasteiger partial charge in [-0.05, 0) is 55.5 Å². The Bertz CT molecular complexity index is 466. The summed E-state index contributed by atoms with van der Waals surface area (Å²) in [6.07, 6.45) is 3.95. The van der Waals surface area contributed by atoms with Gasteiger partial charge in [0.15, 0.2) is 0 Å². The van der Waals surface area contributed by atoms with Crippen LogP contribution in [0.25, 0.3) is 0 Å². The Morgan fingerprint density at radius 2 is 1.91 bits per heavy atom. The van der Waals surface area contributed by atoms with E-state index in [-0.39, 0.29) is 0 Å². The summed E-state index contributed by atoms with van der Waals surface area (Å²) in [7, 11) is 3.46. The highest BCUT2D eigenvalue weighted by atomic mass is 16.5. The molecule has 1 aromatic carbocycles. The van der Waals surface area contributed by atoms with E-state index in [0.29, 0.717) is 11.5 Å². The fourth-order valence-corrected chi connectivity index (χ4v) is 3.71. The first kappa shape index (κ1) is 15.8. The molecular formula is C18H27NO3. The molecule has 0 amide bonds. The van der Waals surface area contributed by atoms with Crippen molar-refractivity contribution in [3.8, 4) is 5.75 Å². The lowest BCUT2D eigenvalue weighted by atomic mass is 9.76. The zero-order valence-electron chi connectivity index (χ0n) is 13.7. The first-order chi connectivity index (χ1) is 10.7. The van der Waals surface area contributed by atoms with Gasteiger partial charge in [0.05, 0.1) is 26.4 Å². The van der Waals surface area contributed by atoms with E-state index in [0.717, 1.165) is 45.0 Å². The lowest BCUT2D eigenvalue weighted by Gasteiger charge is -2.38. The minimum Gasteiger partial charge on any atom is -0.497 e. The predicted molar refractivity (Wildman–Crippen MR) is 86.2 cm³/mol. The number of methoxy groups -OCH3 is 2. The maximum Gasteiger partial charge on any atom is 0.118 e. The second kappa shape index (κ2) is 6.99. The highest BCUT2D eigenvalue weighted by molar-refractivity contribution is 5.27. The molecule has 22 heavy (non-hydrogen) atoms. The van der Waals surface area contributed by atoms with Gasteiger partial charge in [-0.25, -0.2) is 0 Å². The van der Waals surface area contributed by atoms with Gasteiger partial charge in [0.2, 0.25) is 0 Å². The van der Waals surface area contributed by atoms with E-state index >= 15 is 0 Å². The Morgan fingerprint density at radius 3 is 2.55 bits per heavy atom. The minimum absolute atomic E-state index is 0.304. The van der Waals surface area contributed by atoms with Gasteiger partial charge in [0.25, 0.3) is 0 Å². The molecule has 1 spiro atoms. The molecule has 1 atom stereocenters. The van der Waals surface area contributed by atoms with Crippen LogP contribution in [-0.2, 0) is 16.0 Å². The van der Waals surface area contributed by atoms with Crippen molar-refractivity contribution in [2.75, 3.05) is 40.5 Å². The molecule has 3 rings (SSSR count). The van der Waals surface area contributed by atoms with Crippen molar-refractivity contribution in [2.45, 2.75) is 31.9 Å². The second-order valence-electron chi connectivity index (χ2n) is 6.72. The van der Waals surface area contributed by atoms with E-state index in [4.69, 9.17) is 14.2 Å². The lowest BCUT2D eigenvalue weighted by molar-refractivity contribution is 0.0284. The molecule has 2 saturated heterocycles. The number of ether oxygens (including phenoxy) is 3. The maximum absolute atomic E-state index is 5.91. The van der Waals surface area contributed by atoms with Crippen molar-refractivity contribution in [3.63, 3.8) is 0 Å². The van der Waals surface area contributed by atoms with Crippen LogP contribution >= 0.6 is 0 Å². The van der Waals surface area contributed by atoms with Crippen LogP contribution in [0.2, 0.25) is 0 Å². The van der Waals surface area contributed by atoms with Crippen molar-refractivity contribution in [3.05, 3.63) is 29.8 Å². The summed E-state index contributed by atoms with van der Waals surface area (Å²) in [5.74, 6) is 0.925. The molecule has 0 saturated carbocycles. The predicted octanol–water partition coefficient (Wildman–Crippen LogP) is 2.71. The third-order valence-electron chi connectivity index (χ3n) is 5.12. The second-order valence-corrected chi connectivity index (χ2v) is 6.72. The Kier molecular flexibility index (Phi) is 5.01. The normalized spacial score (nSPS) is 24.7. The zero-order valence-corrected chi connectivity index (χ0v) is 13.7. The Morgan fingerprint density at radius 1 is 1.18 bits per heavy atom. The monoisotopic (exact) mass is 305 g/mol. The zero-order chi connectivity index (χ0) is 15.4. The van der Waals surface area contributed by atoms with Gasteiger partial charge in [0.1, 0.15) is 5.75 Å². The van der Waals surface area contributed by atoms with Crippen LogP contribution < -0.4 is 4.74 Å². The minimum atomic E-state index is 0.304. The van der Waals surface area contributed by atoms with E-state index in [1.54, 1.807) is 14.2 Å². The average Bonchev–Trinajstić information content (AvgIpc) is 2.94. The first-order valence-electron chi connectivity index (χ1n) is 8.19. The molecule has 122 valence electrons. The number of likely N-dealkylation sites (tertiary alicyclic amines) is 1. The smallest absolute Gasteiger partial charge is 0.118 e. The fourth-order valence-electron chi connectivity index (χ4n) is 3.71. The van der Waals surface area contributed by atoms with E-state index in [1.165, 1.54) is 18.4 Å². The topological polar surface area (TPSA) is 30.9 Å². The lowest BCUT2D eigenvalue weighted by Crippen LogP contribution is -2.40. The van der Waals surface area contributed by atoms with E-state index in [1.807, 2.05) is 12.1 Å². The molecule has 1 aromatic rings. The summed E-state index contributed by atoms with van der Waals surface area (Å²) in [5.41, 5.74) is 1.76. The van der Waals surface area contributed by atoms with Crippen LogP contribution in [0.3, 0.4) is 0 Å². The van der Waals surface area contributed by atoms with Crippen molar-refractivity contribution >= 4 is 0 Å². The standard InChI is InChI=1S/C18H27NO3/c1-20-13-17-11-18(14-22-17)7-9-19(10-8-18)12-15-3-5-16(21-2)6-4-15/h3-6,17H,7-14H2,1-2H3. The van der Waals surface area contributed by atoms with Crippen LogP contribution in [0, 0.1) is 5.41 Å². The third kappa shape index (κ3) is 3.62. The van der Waals surface area contributed by atoms with Crippen LogP contribution in [0.4, 0.5) is 0 Å². The summed E-state index contributed by atoms with van der Waals surface area (Å²) in [6.45, 7) is 5.00. The van der Waals surface area contributed by atoms with Crippen LogP contribution in [-0.4, -0.2) is 51.5 Å². The van der Waals surface area contributed by atoms with Crippen molar-refractivity contribution < 1.29 is 14.2 Å². The Labute approximate surface area is 133 Å². The van der Waals surface area contributed by atoms with Gasteiger partial charge >= 0.3 is 0 Å². The van der Waals surface area contributed by atoms with Crippen molar-refractivity contribution in [1.29, 1.82) is 0 Å². The van der Waals surface area contributed by atoms with Gasteiger partial charge in [-0.3, -0.25) is 4.90 Å². The third-order valence-corrected chi connectivity index (χ3v) is 5.12. The van der Waals surface area contributed by atoms with E-state index < -0.39 is 0 Å². The summed E-state index contributed by atoms with van der Waals surface area (Å²) < 4.78 is 16.4. The van der Waals surface area contributed by atoms with Crippen LogP contribution in [0.15, 0.2) is 24.3 Å². The molecular weight excluding hydrogens is 278 g/mol. The first-order valence-corrected chi connectivity index (χ1v) is 8.19. The van der Waals surface area contributed by atoms with Crippen molar-refractivity contribution in [2.24, 2.45) is 5.41 Å². The summed E-state index contributed by atoms with van der Waals surface area (Å²) >= 11 is 0. The number of piperidine rings is 1. The van der Waals surface area contributed by atoms with Gasteiger partial charge in [-0.15, -0.1) is 0 Å². The number of nitrogens with zero attached hydrogens (tertiary/aromatic N) is 1. The molecule has 2 heterocycles. The molecule has 0 N–H and O–H groups in total. The molecule has 0 radical (unpaired) electrons. The van der Waals surface area contributed by atoms with Gasteiger partial charge in [-0.1, -0.05) is 12.1 Å². The maximum atomic E-state index is 5.91. The average molecular weight is 305 g/mol. The van der Waals surface area contributed by atoms with E-state index in [2.05, 4.69) is 17.0 Å². The molecule has 4 heteroatoms. The molecule has 0 bridgehead atoms. The molecule has 1 unspecified atom stereocenters. The fraction of sp³-hybridized carbons (Fsp3) is 0.667. The van der Waals surface area contributed by atoms with E-state index in [9.17, 15) is 0 Å². The largest absolute Gasteiger partial charge is 0.497 e. The molecule has 0 aromatic heterocycles. The van der Waals surface area contributed by atoms with Crippen molar-refractivity contribution in [1.82, 2.24) is 4.90 Å². The number of hydrogen-bond donors (Lipinski definition) is 0. The highest BCUT2D eigenvalue weighted by Gasteiger charge is 2.42. The van der Waals surface area contributed by atoms with Crippen LogP contribution in [0.5, 0.6) is 5.75 Å². The number of rotatable bonds is 5. The van der Waals surface area contributed by atoms with Gasteiger partial charge in [-0.2, -0.15) is 0 Å². The number of benzene rings is 1. The molecule has 2 aliphatic heterocycles. The molecule has 4 nitrogen and oxygen atoms in total. The molecule has 2 aliphatic rings. The summed E-state index contributed by atoms with van der Waals surface area (Å²) in [4.78, 5) is 2.55. The summed E-state index contributed by atoms with van der Waals surface area (Å²) in [6, 6.07) is 8.41. The summed E-state index contributed by atoms with van der Waals surface area (Å²) in [5, 5.41) is 0. The Hall–Kier alpha value is -1.10. The Balaban J connectivity index is 1.49. The number of hydrogen-bond acceptors (Lipinski definition) is 4.